The Hall–Kier alpha value is -4.46. The lowest BCUT2D eigenvalue weighted by Crippen LogP contribution is -1.88. The number of halogens is 1. The number of nitrogens with one attached hydrogen (secondary N) is 2. The third kappa shape index (κ3) is 2.84. The molecule has 0 aliphatic carbocycles. The average Bonchev–Trinajstić information content (AvgIpc) is 3.43. The van der Waals surface area contributed by atoms with Crippen LogP contribution in [0.2, 0.25) is 0 Å². The maximum atomic E-state index is 14.4. The van der Waals surface area contributed by atoms with E-state index in [0.717, 1.165) is 16.9 Å². The fourth-order valence-corrected chi connectivity index (χ4v) is 3.64. The molecule has 0 aliphatic rings. The maximum Gasteiger partial charge on any atom is 0.162 e. The van der Waals surface area contributed by atoms with Crippen molar-refractivity contribution in [2.75, 3.05) is 0 Å². The van der Waals surface area contributed by atoms with E-state index in [1.807, 2.05) is 30.3 Å². The lowest BCUT2D eigenvalue weighted by atomic mass is 10.1. The quantitative estimate of drug-likeness (QED) is 0.441. The van der Waals surface area contributed by atoms with Gasteiger partial charge in [0.05, 0.1) is 16.9 Å². The SMILES string of the molecule is Fc1ccccc1-c1ccnc2[nH]c(-c3n[nH]c4ccc(-c5ccccn5)nc34)nc12. The van der Waals surface area contributed by atoms with E-state index in [0.29, 0.717) is 39.3 Å². The second kappa shape index (κ2) is 6.81. The van der Waals surface area contributed by atoms with Crippen molar-refractivity contribution in [3.8, 4) is 34.0 Å². The lowest BCUT2D eigenvalue weighted by Gasteiger charge is -2.03. The van der Waals surface area contributed by atoms with Gasteiger partial charge in [-0.2, -0.15) is 5.10 Å². The molecule has 148 valence electrons. The zero-order chi connectivity index (χ0) is 20.8. The first-order chi connectivity index (χ1) is 15.3. The molecule has 8 heteroatoms. The number of rotatable bonds is 3. The number of hydrogen-bond donors (Lipinski definition) is 2. The predicted octanol–water partition coefficient (Wildman–Crippen LogP) is 4.76. The van der Waals surface area contributed by atoms with Crippen molar-refractivity contribution < 1.29 is 4.39 Å². The zero-order valence-corrected chi connectivity index (χ0v) is 16.0. The van der Waals surface area contributed by atoms with Crippen LogP contribution < -0.4 is 0 Å². The zero-order valence-electron chi connectivity index (χ0n) is 16.0. The molecule has 0 saturated carbocycles. The molecule has 0 bridgehead atoms. The molecule has 0 unspecified atom stereocenters. The van der Waals surface area contributed by atoms with Gasteiger partial charge in [0, 0.05) is 23.5 Å². The summed E-state index contributed by atoms with van der Waals surface area (Å²) in [5.41, 5.74) is 5.74. The summed E-state index contributed by atoms with van der Waals surface area (Å²) in [6.45, 7) is 0. The van der Waals surface area contributed by atoms with Crippen LogP contribution in [0.4, 0.5) is 4.39 Å². The van der Waals surface area contributed by atoms with Crippen LogP contribution in [-0.2, 0) is 0 Å². The molecule has 7 nitrogen and oxygen atoms in total. The molecule has 6 rings (SSSR count). The summed E-state index contributed by atoms with van der Waals surface area (Å²) in [6, 6.07) is 17.8. The smallest absolute Gasteiger partial charge is 0.162 e. The number of aromatic nitrogens is 7. The summed E-state index contributed by atoms with van der Waals surface area (Å²) in [4.78, 5) is 21.4. The summed E-state index contributed by atoms with van der Waals surface area (Å²) in [5, 5.41) is 7.40. The molecular weight excluding hydrogens is 393 g/mol. The van der Waals surface area contributed by atoms with E-state index in [1.54, 1.807) is 36.7 Å². The highest BCUT2D eigenvalue weighted by atomic mass is 19.1. The van der Waals surface area contributed by atoms with E-state index >= 15 is 0 Å². The number of nitrogens with zero attached hydrogens (tertiary/aromatic N) is 5. The highest BCUT2D eigenvalue weighted by Crippen LogP contribution is 2.31. The Bertz CT molecular complexity index is 1550. The van der Waals surface area contributed by atoms with Gasteiger partial charge in [0.25, 0.3) is 0 Å². The van der Waals surface area contributed by atoms with E-state index in [2.05, 4.69) is 25.1 Å². The van der Waals surface area contributed by atoms with Crippen molar-refractivity contribution in [2.45, 2.75) is 0 Å². The van der Waals surface area contributed by atoms with Crippen molar-refractivity contribution in [1.82, 2.24) is 35.1 Å². The molecule has 0 fully saturated rings. The molecule has 0 atom stereocenters. The van der Waals surface area contributed by atoms with E-state index in [1.165, 1.54) is 6.07 Å². The molecule has 0 saturated heterocycles. The largest absolute Gasteiger partial charge is 0.321 e. The highest BCUT2D eigenvalue weighted by Gasteiger charge is 2.18. The summed E-state index contributed by atoms with van der Waals surface area (Å²) in [6.07, 6.45) is 3.36. The topological polar surface area (TPSA) is 96.0 Å². The van der Waals surface area contributed by atoms with Gasteiger partial charge in [-0.15, -0.1) is 0 Å². The second-order valence-corrected chi connectivity index (χ2v) is 7.00. The Kier molecular flexibility index (Phi) is 3.82. The average molecular weight is 407 g/mol. The Morgan fingerprint density at radius 1 is 0.710 bits per heavy atom. The van der Waals surface area contributed by atoms with Crippen LogP contribution in [0.15, 0.2) is 73.1 Å². The third-order valence-electron chi connectivity index (χ3n) is 5.11. The molecule has 2 N–H and O–H groups in total. The molecule has 0 spiro atoms. The Labute approximate surface area is 175 Å². The van der Waals surface area contributed by atoms with Gasteiger partial charge in [-0.3, -0.25) is 10.1 Å². The molecular formula is C23H14FN7. The molecule has 5 aromatic heterocycles. The van der Waals surface area contributed by atoms with Crippen LogP contribution in [0.1, 0.15) is 0 Å². The molecule has 0 radical (unpaired) electrons. The summed E-state index contributed by atoms with van der Waals surface area (Å²) < 4.78 is 14.4. The van der Waals surface area contributed by atoms with Gasteiger partial charge in [0.2, 0.25) is 0 Å². The minimum atomic E-state index is -0.313. The molecule has 1 aromatic carbocycles. The summed E-state index contributed by atoms with van der Waals surface area (Å²) in [5.74, 6) is 0.189. The summed E-state index contributed by atoms with van der Waals surface area (Å²) >= 11 is 0. The monoisotopic (exact) mass is 407 g/mol. The Morgan fingerprint density at radius 2 is 1.61 bits per heavy atom. The van der Waals surface area contributed by atoms with Crippen LogP contribution in [0, 0.1) is 5.82 Å². The number of hydrogen-bond acceptors (Lipinski definition) is 5. The van der Waals surface area contributed by atoms with Crippen LogP contribution in [0.3, 0.4) is 0 Å². The molecule has 31 heavy (non-hydrogen) atoms. The van der Waals surface area contributed by atoms with Gasteiger partial charge in [0.1, 0.15) is 16.9 Å². The maximum absolute atomic E-state index is 14.4. The Morgan fingerprint density at radius 3 is 2.48 bits per heavy atom. The fraction of sp³-hybridized carbons (Fsp3) is 0. The van der Waals surface area contributed by atoms with Crippen molar-refractivity contribution in [3.05, 3.63) is 78.9 Å². The van der Waals surface area contributed by atoms with E-state index < -0.39 is 0 Å². The van der Waals surface area contributed by atoms with Crippen molar-refractivity contribution in [1.29, 1.82) is 0 Å². The minimum absolute atomic E-state index is 0.313. The van der Waals surface area contributed by atoms with Crippen molar-refractivity contribution in [3.63, 3.8) is 0 Å². The number of imidazole rings is 1. The third-order valence-corrected chi connectivity index (χ3v) is 5.11. The second-order valence-electron chi connectivity index (χ2n) is 7.00. The van der Waals surface area contributed by atoms with E-state index in [9.17, 15) is 4.39 Å². The Balaban J connectivity index is 1.53. The van der Waals surface area contributed by atoms with Crippen LogP contribution in [0.5, 0.6) is 0 Å². The first-order valence-electron chi connectivity index (χ1n) is 9.64. The van der Waals surface area contributed by atoms with E-state index in [4.69, 9.17) is 9.97 Å². The summed E-state index contributed by atoms with van der Waals surface area (Å²) in [7, 11) is 0. The number of fused-ring (bicyclic) bond motifs is 2. The molecule has 0 aliphatic heterocycles. The first-order valence-corrected chi connectivity index (χ1v) is 9.64. The van der Waals surface area contributed by atoms with Crippen LogP contribution in [0.25, 0.3) is 56.2 Å². The van der Waals surface area contributed by atoms with Gasteiger partial charge >= 0.3 is 0 Å². The standard InChI is InChI=1S/C23H14FN7/c24-15-6-2-1-5-13(15)14-10-12-26-22-19(14)28-23(29-22)21-20-18(30-31-21)9-8-17(27-20)16-7-3-4-11-25-16/h1-12H,(H,30,31)(H,26,28,29). The predicted molar refractivity (Wildman–Crippen MR) is 115 cm³/mol. The molecule has 5 heterocycles. The normalized spacial score (nSPS) is 11.4. The first kappa shape index (κ1) is 17.4. The number of aromatic amines is 2. The minimum Gasteiger partial charge on any atom is -0.321 e. The van der Waals surface area contributed by atoms with Gasteiger partial charge in [-0.1, -0.05) is 24.3 Å². The molecule has 6 aromatic rings. The molecule has 0 amide bonds. The highest BCUT2D eigenvalue weighted by molar-refractivity contribution is 5.94. The number of H-pyrrole nitrogens is 2. The van der Waals surface area contributed by atoms with Gasteiger partial charge < -0.3 is 4.98 Å². The van der Waals surface area contributed by atoms with Crippen molar-refractivity contribution >= 4 is 22.2 Å². The number of pyridine rings is 3. The van der Waals surface area contributed by atoms with Crippen LogP contribution in [-0.4, -0.2) is 35.1 Å². The van der Waals surface area contributed by atoms with E-state index in [-0.39, 0.29) is 5.82 Å². The van der Waals surface area contributed by atoms with Crippen LogP contribution >= 0.6 is 0 Å². The van der Waals surface area contributed by atoms with Gasteiger partial charge in [-0.05, 0) is 36.4 Å². The van der Waals surface area contributed by atoms with Gasteiger partial charge in [0.15, 0.2) is 17.2 Å². The number of benzene rings is 1. The lowest BCUT2D eigenvalue weighted by molar-refractivity contribution is 0.631. The van der Waals surface area contributed by atoms with Gasteiger partial charge in [-0.25, -0.2) is 19.3 Å². The van der Waals surface area contributed by atoms with Crippen molar-refractivity contribution in [2.24, 2.45) is 0 Å². The fourth-order valence-electron chi connectivity index (χ4n) is 3.64.